The molecule has 0 saturated heterocycles. The standard InChI is InChI=1S/C29H23FN2O5S/c1-17(27-28(34)31-29(35)38-27)18-9-13-21(14-10-18)36-15-16-37-26-24(19-7-11-20(30)12-8-19)32(2)23-6-4-3-5-22(23)25(26)33/h3-14,34H,1,15-16H2,2H3,(H,31,35). The second kappa shape index (κ2) is 10.4. The lowest BCUT2D eigenvalue weighted by Gasteiger charge is -2.18. The van der Waals surface area contributed by atoms with E-state index in [1.54, 1.807) is 48.5 Å². The van der Waals surface area contributed by atoms with E-state index in [0.29, 0.717) is 32.8 Å². The molecular weight excluding hydrogens is 507 g/mol. The Bertz CT molecular complexity index is 1750. The van der Waals surface area contributed by atoms with Crippen molar-refractivity contribution in [2.75, 3.05) is 13.2 Å². The van der Waals surface area contributed by atoms with E-state index in [1.807, 2.05) is 23.7 Å². The molecule has 0 atom stereocenters. The summed E-state index contributed by atoms with van der Waals surface area (Å²) in [4.78, 5) is 27.2. The summed E-state index contributed by atoms with van der Waals surface area (Å²) < 4.78 is 27.2. The molecule has 38 heavy (non-hydrogen) atoms. The van der Waals surface area contributed by atoms with Gasteiger partial charge in [0.2, 0.25) is 11.3 Å². The number of H-pyrrole nitrogens is 1. The molecule has 9 heteroatoms. The molecule has 2 N–H and O–H groups in total. The number of hydrogen-bond acceptors (Lipinski definition) is 6. The summed E-state index contributed by atoms with van der Waals surface area (Å²) in [5.74, 6) is 0.160. The van der Waals surface area contributed by atoms with Crippen molar-refractivity contribution >= 4 is 27.8 Å². The zero-order valence-electron chi connectivity index (χ0n) is 20.4. The minimum atomic E-state index is -0.370. The van der Waals surface area contributed by atoms with Crippen LogP contribution in [0.15, 0.2) is 89.0 Å². The smallest absolute Gasteiger partial charge is 0.307 e. The highest BCUT2D eigenvalue weighted by molar-refractivity contribution is 7.10. The summed E-state index contributed by atoms with van der Waals surface area (Å²) in [5, 5.41) is 10.4. The fourth-order valence-corrected chi connectivity index (χ4v) is 4.96. The number of aryl methyl sites for hydroxylation is 1. The summed E-state index contributed by atoms with van der Waals surface area (Å²) in [6, 6.07) is 20.2. The van der Waals surface area contributed by atoms with Gasteiger partial charge in [0.1, 0.15) is 24.8 Å². The van der Waals surface area contributed by atoms with Crippen molar-refractivity contribution in [2.24, 2.45) is 7.05 Å². The Kier molecular flexibility index (Phi) is 6.85. The molecule has 0 amide bonds. The van der Waals surface area contributed by atoms with Crippen molar-refractivity contribution < 1.29 is 19.0 Å². The number of halogens is 1. The van der Waals surface area contributed by atoms with Crippen molar-refractivity contribution in [3.05, 3.63) is 116 Å². The number of nitrogens with zero attached hydrogens (tertiary/aromatic N) is 1. The van der Waals surface area contributed by atoms with Crippen LogP contribution >= 0.6 is 11.3 Å². The number of hydrogen-bond donors (Lipinski definition) is 2. The topological polar surface area (TPSA) is 93.5 Å². The number of pyridine rings is 1. The van der Waals surface area contributed by atoms with Crippen LogP contribution in [0.4, 0.5) is 4.39 Å². The number of ether oxygens (including phenoxy) is 2. The number of aromatic nitrogens is 2. The number of nitrogens with one attached hydrogen (secondary N) is 1. The van der Waals surface area contributed by atoms with E-state index in [2.05, 4.69) is 11.6 Å². The lowest BCUT2D eigenvalue weighted by atomic mass is 10.1. The van der Waals surface area contributed by atoms with E-state index >= 15 is 0 Å². The first-order valence-electron chi connectivity index (χ1n) is 11.7. The summed E-state index contributed by atoms with van der Waals surface area (Å²) >= 11 is 0.885. The van der Waals surface area contributed by atoms with Crippen molar-refractivity contribution in [3.8, 4) is 28.6 Å². The van der Waals surface area contributed by atoms with Crippen molar-refractivity contribution in [1.82, 2.24) is 9.55 Å². The lowest BCUT2D eigenvalue weighted by Crippen LogP contribution is -2.18. The number of rotatable bonds is 8. The molecule has 0 unspecified atom stereocenters. The van der Waals surface area contributed by atoms with Gasteiger partial charge in [-0.3, -0.25) is 14.6 Å². The van der Waals surface area contributed by atoms with Crippen molar-refractivity contribution in [3.63, 3.8) is 0 Å². The van der Waals surface area contributed by atoms with Gasteiger partial charge in [-0.05, 0) is 59.7 Å². The van der Waals surface area contributed by atoms with Crippen LogP contribution in [-0.2, 0) is 7.05 Å². The summed E-state index contributed by atoms with van der Waals surface area (Å²) in [5.41, 5.74) is 2.93. The summed E-state index contributed by atoms with van der Waals surface area (Å²) in [6.45, 7) is 4.23. The number of aromatic hydroxyl groups is 1. The molecule has 5 aromatic rings. The van der Waals surface area contributed by atoms with Gasteiger partial charge in [-0.25, -0.2) is 4.39 Å². The Labute approximate surface area is 220 Å². The average molecular weight is 531 g/mol. The largest absolute Gasteiger partial charge is 0.493 e. The Morgan fingerprint density at radius 3 is 2.37 bits per heavy atom. The second-order valence-electron chi connectivity index (χ2n) is 8.48. The molecule has 2 heterocycles. The third-order valence-corrected chi connectivity index (χ3v) is 7.02. The van der Waals surface area contributed by atoms with Gasteiger partial charge in [-0.2, -0.15) is 0 Å². The monoisotopic (exact) mass is 530 g/mol. The number of benzene rings is 3. The number of para-hydroxylation sites is 1. The van der Waals surface area contributed by atoms with Crippen LogP contribution in [0, 0.1) is 5.82 Å². The zero-order valence-corrected chi connectivity index (χ0v) is 21.2. The van der Waals surface area contributed by atoms with E-state index < -0.39 is 0 Å². The first-order chi connectivity index (χ1) is 18.3. The van der Waals surface area contributed by atoms with Crippen LogP contribution < -0.4 is 19.8 Å². The molecule has 192 valence electrons. The minimum absolute atomic E-state index is 0.0986. The summed E-state index contributed by atoms with van der Waals surface area (Å²) in [6.07, 6.45) is 0. The van der Waals surface area contributed by atoms with Gasteiger partial charge in [0.15, 0.2) is 5.75 Å². The van der Waals surface area contributed by atoms with Gasteiger partial charge in [-0.15, -0.1) is 0 Å². The molecule has 7 nitrogen and oxygen atoms in total. The predicted octanol–water partition coefficient (Wildman–Crippen LogP) is 5.32. The Morgan fingerprint density at radius 2 is 1.68 bits per heavy atom. The first kappa shape index (κ1) is 25.0. The first-order valence-corrected chi connectivity index (χ1v) is 12.5. The van der Waals surface area contributed by atoms with Gasteiger partial charge in [0, 0.05) is 18.0 Å². The van der Waals surface area contributed by atoms with Crippen LogP contribution in [0.1, 0.15) is 10.4 Å². The van der Waals surface area contributed by atoms with Crippen molar-refractivity contribution in [2.45, 2.75) is 0 Å². The van der Waals surface area contributed by atoms with Gasteiger partial charge in [0.25, 0.3) is 0 Å². The molecule has 0 aliphatic rings. The normalized spacial score (nSPS) is 11.0. The maximum atomic E-state index is 13.6. The number of aromatic amines is 1. The van der Waals surface area contributed by atoms with E-state index in [0.717, 1.165) is 22.4 Å². The molecule has 0 aliphatic carbocycles. The molecule has 0 bridgehead atoms. The Morgan fingerprint density at radius 1 is 1.00 bits per heavy atom. The molecule has 0 saturated carbocycles. The highest BCUT2D eigenvalue weighted by Gasteiger charge is 2.18. The number of fused-ring (bicyclic) bond motifs is 1. The molecule has 0 spiro atoms. The fourth-order valence-electron chi connectivity index (χ4n) is 4.24. The maximum absolute atomic E-state index is 13.6. The van der Waals surface area contributed by atoms with Crippen LogP contribution in [0.5, 0.6) is 17.4 Å². The van der Waals surface area contributed by atoms with Gasteiger partial charge in [0.05, 0.1) is 16.1 Å². The Hall–Kier alpha value is -4.63. The van der Waals surface area contributed by atoms with E-state index in [-0.39, 0.29) is 41.0 Å². The van der Waals surface area contributed by atoms with Crippen molar-refractivity contribution in [1.29, 1.82) is 0 Å². The molecule has 5 rings (SSSR count). The SMILES string of the molecule is C=C(c1ccc(OCCOc2c(-c3ccc(F)cc3)n(C)c3ccccc3c2=O)cc1)c1sc(=O)[nH]c1O. The molecule has 3 aromatic carbocycles. The van der Waals surface area contributed by atoms with Crippen LogP contribution in [0.2, 0.25) is 0 Å². The van der Waals surface area contributed by atoms with E-state index in [1.165, 1.54) is 12.1 Å². The fraction of sp³-hybridized carbons (Fsp3) is 0.103. The molecule has 0 fully saturated rings. The van der Waals surface area contributed by atoms with Gasteiger partial charge < -0.3 is 19.1 Å². The maximum Gasteiger partial charge on any atom is 0.307 e. The lowest BCUT2D eigenvalue weighted by molar-refractivity contribution is 0.216. The molecule has 0 radical (unpaired) electrons. The van der Waals surface area contributed by atoms with E-state index in [4.69, 9.17) is 9.47 Å². The second-order valence-corrected chi connectivity index (χ2v) is 9.47. The van der Waals surface area contributed by atoms with Gasteiger partial charge in [-0.1, -0.05) is 42.2 Å². The molecule has 0 aliphatic heterocycles. The van der Waals surface area contributed by atoms with Crippen LogP contribution in [0.3, 0.4) is 0 Å². The third kappa shape index (κ3) is 4.83. The van der Waals surface area contributed by atoms with E-state index in [9.17, 15) is 19.1 Å². The predicted molar refractivity (Wildman–Crippen MR) is 147 cm³/mol. The quantitative estimate of drug-likeness (QED) is 0.265. The summed E-state index contributed by atoms with van der Waals surface area (Å²) in [7, 11) is 1.84. The average Bonchev–Trinajstić information content (AvgIpc) is 3.27. The van der Waals surface area contributed by atoms with Crippen LogP contribution in [0.25, 0.3) is 27.7 Å². The zero-order chi connectivity index (χ0) is 26.8. The van der Waals surface area contributed by atoms with Crippen LogP contribution in [-0.4, -0.2) is 27.9 Å². The van der Waals surface area contributed by atoms with Gasteiger partial charge >= 0.3 is 4.87 Å². The Balaban J connectivity index is 1.33. The highest BCUT2D eigenvalue weighted by atomic mass is 32.1. The molecular formula is C29H23FN2O5S. The highest BCUT2D eigenvalue weighted by Crippen LogP contribution is 2.32. The minimum Gasteiger partial charge on any atom is -0.493 e. The molecule has 2 aromatic heterocycles. The number of thiazole rings is 1. The third-order valence-electron chi connectivity index (χ3n) is 6.09.